The zero-order valence-corrected chi connectivity index (χ0v) is 25.3. The summed E-state index contributed by atoms with van der Waals surface area (Å²) in [6.45, 7) is 10.8. The summed E-state index contributed by atoms with van der Waals surface area (Å²) in [5.74, 6) is 1.87. The molecule has 2 aliphatic heterocycles. The van der Waals surface area contributed by atoms with Crippen LogP contribution in [0.3, 0.4) is 0 Å². The predicted molar refractivity (Wildman–Crippen MR) is 160 cm³/mol. The van der Waals surface area contributed by atoms with Gasteiger partial charge in [-0.15, -0.1) is 0 Å². The maximum atomic E-state index is 12.9. The lowest BCUT2D eigenvalue weighted by Crippen LogP contribution is -2.45. The molecule has 4 heterocycles. The van der Waals surface area contributed by atoms with Crippen molar-refractivity contribution >= 4 is 5.97 Å². The maximum Gasteiger partial charge on any atom is 0.323 e. The van der Waals surface area contributed by atoms with E-state index in [1.165, 1.54) is 31.1 Å². The SMILES string of the molecule is CCC(CC)N1CCC2(CC1)CC(C(=O)OC)N(Cc1ccc(CN(Cc3ncc[nH]3)Cc3nccn3C)cc1)C2. The van der Waals surface area contributed by atoms with Gasteiger partial charge in [-0.3, -0.25) is 14.6 Å². The Morgan fingerprint density at radius 3 is 2.41 bits per heavy atom. The summed E-state index contributed by atoms with van der Waals surface area (Å²) in [7, 11) is 3.55. The van der Waals surface area contributed by atoms with E-state index in [1.54, 1.807) is 6.20 Å². The van der Waals surface area contributed by atoms with Gasteiger partial charge in [-0.05, 0) is 61.7 Å². The number of hydrogen-bond acceptors (Lipinski definition) is 7. The van der Waals surface area contributed by atoms with Gasteiger partial charge >= 0.3 is 5.97 Å². The number of aryl methyl sites for hydroxylation is 1. The van der Waals surface area contributed by atoms with Crippen LogP contribution in [0.1, 0.15) is 68.7 Å². The molecule has 222 valence electrons. The molecule has 1 atom stereocenters. The summed E-state index contributed by atoms with van der Waals surface area (Å²) < 4.78 is 7.34. The molecule has 0 bridgehead atoms. The van der Waals surface area contributed by atoms with Gasteiger partial charge in [0.1, 0.15) is 17.7 Å². The van der Waals surface area contributed by atoms with Crippen LogP contribution in [-0.2, 0) is 42.8 Å². The molecule has 2 aromatic heterocycles. The molecule has 1 aromatic carbocycles. The van der Waals surface area contributed by atoms with Gasteiger partial charge in [0.05, 0.1) is 20.2 Å². The Kier molecular flexibility index (Phi) is 9.57. The number of ether oxygens (including phenoxy) is 1. The quantitative estimate of drug-likeness (QED) is 0.329. The Balaban J connectivity index is 1.24. The highest BCUT2D eigenvalue weighted by atomic mass is 16.5. The van der Waals surface area contributed by atoms with E-state index in [4.69, 9.17) is 4.74 Å². The van der Waals surface area contributed by atoms with Crippen LogP contribution >= 0.6 is 0 Å². The number of H-pyrrole nitrogens is 1. The summed E-state index contributed by atoms with van der Waals surface area (Å²) in [5, 5.41) is 0. The van der Waals surface area contributed by atoms with E-state index in [1.807, 2.05) is 25.6 Å². The molecular formula is C32H47N7O2. The molecule has 2 aliphatic rings. The largest absolute Gasteiger partial charge is 0.468 e. The third kappa shape index (κ3) is 7.08. The number of aromatic nitrogens is 4. The van der Waals surface area contributed by atoms with Gasteiger partial charge in [0.2, 0.25) is 0 Å². The van der Waals surface area contributed by atoms with Crippen LogP contribution in [0.4, 0.5) is 0 Å². The van der Waals surface area contributed by atoms with E-state index in [0.29, 0.717) is 12.6 Å². The number of nitrogens with one attached hydrogen (secondary N) is 1. The molecule has 2 fully saturated rings. The zero-order chi connectivity index (χ0) is 28.8. The fourth-order valence-electron chi connectivity index (χ4n) is 6.97. The Morgan fingerprint density at radius 2 is 1.80 bits per heavy atom. The summed E-state index contributed by atoms with van der Waals surface area (Å²) in [6, 6.07) is 9.39. The lowest BCUT2D eigenvalue weighted by Gasteiger charge is -2.42. The fourth-order valence-corrected chi connectivity index (χ4v) is 6.97. The summed E-state index contributed by atoms with van der Waals surface area (Å²) in [6.07, 6.45) is 13.1. The minimum atomic E-state index is -0.166. The topological polar surface area (TPSA) is 82.5 Å². The highest BCUT2D eigenvalue weighted by molar-refractivity contribution is 5.76. The molecular weight excluding hydrogens is 514 g/mol. The minimum absolute atomic E-state index is 0.0937. The highest BCUT2D eigenvalue weighted by Crippen LogP contribution is 2.44. The molecule has 9 nitrogen and oxygen atoms in total. The second kappa shape index (κ2) is 13.3. The molecule has 41 heavy (non-hydrogen) atoms. The zero-order valence-electron chi connectivity index (χ0n) is 25.3. The standard InChI is InChI=1S/C32H47N7O2/c1-5-27(6-2)38-16-11-32(12-17-38)19-28(31(40)41-4)39(24-32)21-26-9-7-25(8-10-26)20-37(22-29-33-13-14-34-29)23-30-35-15-18-36(30)3/h7-10,13-15,18,27-28H,5-6,11-12,16-17,19-24H2,1-4H3,(H,33,34). The maximum absolute atomic E-state index is 12.9. The molecule has 0 radical (unpaired) electrons. The Labute approximate surface area is 244 Å². The van der Waals surface area contributed by atoms with E-state index in [-0.39, 0.29) is 17.4 Å². The first kappa shape index (κ1) is 29.5. The minimum Gasteiger partial charge on any atom is -0.468 e. The van der Waals surface area contributed by atoms with Crippen molar-refractivity contribution in [1.82, 2.24) is 34.2 Å². The summed E-state index contributed by atoms with van der Waals surface area (Å²) in [4.78, 5) is 32.5. The van der Waals surface area contributed by atoms with Crippen LogP contribution in [-0.4, -0.2) is 79.0 Å². The van der Waals surface area contributed by atoms with Gasteiger partial charge in [-0.2, -0.15) is 0 Å². The molecule has 0 saturated carbocycles. The van der Waals surface area contributed by atoms with E-state index in [9.17, 15) is 4.79 Å². The number of rotatable bonds is 12. The van der Waals surface area contributed by atoms with Gasteiger partial charge in [0.15, 0.2) is 0 Å². The third-order valence-corrected chi connectivity index (χ3v) is 9.43. The van der Waals surface area contributed by atoms with Crippen LogP contribution in [0, 0.1) is 5.41 Å². The first-order valence-corrected chi connectivity index (χ1v) is 15.2. The number of carbonyl (C=O) groups is 1. The van der Waals surface area contributed by atoms with E-state index in [0.717, 1.165) is 70.2 Å². The number of benzene rings is 1. The van der Waals surface area contributed by atoms with Gasteiger partial charge < -0.3 is 19.2 Å². The number of imidazole rings is 2. The first-order valence-electron chi connectivity index (χ1n) is 15.2. The van der Waals surface area contributed by atoms with E-state index in [2.05, 4.69) is 72.3 Å². The predicted octanol–water partition coefficient (Wildman–Crippen LogP) is 4.36. The number of hydrogen-bond donors (Lipinski definition) is 1. The number of nitrogens with zero attached hydrogens (tertiary/aromatic N) is 6. The van der Waals surface area contributed by atoms with Crippen molar-refractivity contribution in [3.8, 4) is 0 Å². The number of esters is 1. The lowest BCUT2D eigenvalue weighted by molar-refractivity contribution is -0.146. The van der Waals surface area contributed by atoms with Gasteiger partial charge in [-0.1, -0.05) is 38.1 Å². The first-order chi connectivity index (χ1) is 19.9. The van der Waals surface area contributed by atoms with Crippen LogP contribution in [0.25, 0.3) is 0 Å². The Hall–Kier alpha value is -3.01. The average molecular weight is 562 g/mol. The molecule has 9 heteroatoms. The van der Waals surface area contributed by atoms with Gasteiger partial charge in [-0.25, -0.2) is 9.97 Å². The summed E-state index contributed by atoms with van der Waals surface area (Å²) in [5.41, 5.74) is 2.68. The number of piperidine rings is 1. The molecule has 1 unspecified atom stereocenters. The van der Waals surface area contributed by atoms with E-state index < -0.39 is 0 Å². The number of likely N-dealkylation sites (tertiary alicyclic amines) is 2. The monoisotopic (exact) mass is 561 g/mol. The van der Waals surface area contributed by atoms with Crippen molar-refractivity contribution in [1.29, 1.82) is 0 Å². The number of aromatic amines is 1. The van der Waals surface area contributed by atoms with E-state index >= 15 is 0 Å². The normalized spacial score (nSPS) is 19.5. The van der Waals surface area contributed by atoms with Crippen molar-refractivity contribution in [3.63, 3.8) is 0 Å². The van der Waals surface area contributed by atoms with Crippen molar-refractivity contribution in [2.45, 2.75) is 84.2 Å². The van der Waals surface area contributed by atoms with Crippen molar-refractivity contribution in [2.24, 2.45) is 12.5 Å². The van der Waals surface area contributed by atoms with Crippen LogP contribution in [0.15, 0.2) is 49.1 Å². The van der Waals surface area contributed by atoms with Crippen molar-refractivity contribution < 1.29 is 9.53 Å². The van der Waals surface area contributed by atoms with Gasteiger partial charge in [0, 0.05) is 57.5 Å². The smallest absolute Gasteiger partial charge is 0.323 e. The molecule has 0 aliphatic carbocycles. The molecule has 2 saturated heterocycles. The number of methoxy groups -OCH3 is 1. The van der Waals surface area contributed by atoms with Crippen LogP contribution in [0.2, 0.25) is 0 Å². The second-order valence-corrected chi connectivity index (χ2v) is 12.1. The van der Waals surface area contributed by atoms with Crippen LogP contribution in [0.5, 0.6) is 0 Å². The molecule has 1 spiro atoms. The third-order valence-electron chi connectivity index (χ3n) is 9.43. The highest BCUT2D eigenvalue weighted by Gasteiger charge is 2.48. The van der Waals surface area contributed by atoms with Crippen molar-refractivity contribution in [3.05, 3.63) is 71.8 Å². The Bertz CT molecular complexity index is 1230. The Morgan fingerprint density at radius 1 is 1.07 bits per heavy atom. The van der Waals surface area contributed by atoms with Crippen molar-refractivity contribution in [2.75, 3.05) is 26.7 Å². The molecule has 1 N–H and O–H groups in total. The second-order valence-electron chi connectivity index (χ2n) is 12.1. The average Bonchev–Trinajstić information content (AvgIpc) is 3.73. The fraction of sp³-hybridized carbons (Fsp3) is 0.594. The number of carbonyl (C=O) groups excluding carboxylic acids is 1. The lowest BCUT2D eigenvalue weighted by atomic mass is 9.76. The van der Waals surface area contributed by atoms with Gasteiger partial charge in [0.25, 0.3) is 0 Å². The molecule has 3 aromatic rings. The van der Waals surface area contributed by atoms with Crippen LogP contribution < -0.4 is 0 Å². The summed E-state index contributed by atoms with van der Waals surface area (Å²) >= 11 is 0. The molecule has 5 rings (SSSR count). The molecule has 0 amide bonds.